The minimum atomic E-state index is -0.821. The SMILES string of the molecule is CC(C)CC(CNc1cccnc1C#N)C(=O)O. The molecule has 1 rings (SSSR count). The summed E-state index contributed by atoms with van der Waals surface area (Å²) < 4.78 is 0. The van der Waals surface area contributed by atoms with Gasteiger partial charge in [-0.15, -0.1) is 0 Å². The van der Waals surface area contributed by atoms with Crippen molar-refractivity contribution < 1.29 is 9.90 Å². The number of nitrogens with one attached hydrogen (secondary N) is 1. The molecule has 5 heteroatoms. The quantitative estimate of drug-likeness (QED) is 0.804. The molecule has 2 N–H and O–H groups in total. The summed E-state index contributed by atoms with van der Waals surface area (Å²) in [6.07, 6.45) is 2.14. The van der Waals surface area contributed by atoms with Crippen LogP contribution in [0.1, 0.15) is 26.0 Å². The Morgan fingerprint density at radius 2 is 2.33 bits per heavy atom. The van der Waals surface area contributed by atoms with Gasteiger partial charge in [0.1, 0.15) is 6.07 Å². The van der Waals surface area contributed by atoms with Crippen LogP contribution in [0.4, 0.5) is 5.69 Å². The summed E-state index contributed by atoms with van der Waals surface area (Å²) in [7, 11) is 0. The van der Waals surface area contributed by atoms with E-state index in [0.717, 1.165) is 0 Å². The van der Waals surface area contributed by atoms with Crippen LogP contribution < -0.4 is 5.32 Å². The van der Waals surface area contributed by atoms with Crippen LogP contribution >= 0.6 is 0 Å². The molecule has 0 aliphatic heterocycles. The molecule has 1 aromatic rings. The molecule has 5 nitrogen and oxygen atoms in total. The number of pyridine rings is 1. The third kappa shape index (κ3) is 4.06. The first-order valence-corrected chi connectivity index (χ1v) is 5.86. The van der Waals surface area contributed by atoms with Crippen molar-refractivity contribution in [3.63, 3.8) is 0 Å². The number of hydrogen-bond donors (Lipinski definition) is 2. The van der Waals surface area contributed by atoms with Crippen LogP contribution in [-0.4, -0.2) is 22.6 Å². The molecule has 0 saturated heterocycles. The lowest BCUT2D eigenvalue weighted by atomic mass is 9.97. The van der Waals surface area contributed by atoms with Crippen LogP contribution in [0.2, 0.25) is 0 Å². The van der Waals surface area contributed by atoms with Gasteiger partial charge in [-0.1, -0.05) is 13.8 Å². The van der Waals surface area contributed by atoms with E-state index in [2.05, 4.69) is 10.3 Å². The number of rotatable bonds is 6. The van der Waals surface area contributed by atoms with Gasteiger partial charge in [0.2, 0.25) is 0 Å². The second-order valence-corrected chi connectivity index (χ2v) is 4.56. The minimum absolute atomic E-state index is 0.284. The average Bonchev–Trinajstić information content (AvgIpc) is 2.34. The van der Waals surface area contributed by atoms with Gasteiger partial charge in [0.05, 0.1) is 11.6 Å². The fourth-order valence-corrected chi connectivity index (χ4v) is 1.71. The van der Waals surface area contributed by atoms with Gasteiger partial charge in [-0.3, -0.25) is 4.79 Å². The maximum atomic E-state index is 11.1. The summed E-state index contributed by atoms with van der Waals surface area (Å²) >= 11 is 0. The third-order valence-corrected chi connectivity index (χ3v) is 2.56. The molecule has 96 valence electrons. The predicted molar refractivity (Wildman–Crippen MR) is 68.0 cm³/mol. The van der Waals surface area contributed by atoms with Crippen LogP contribution in [-0.2, 0) is 4.79 Å². The Morgan fingerprint density at radius 3 is 2.89 bits per heavy atom. The van der Waals surface area contributed by atoms with Crippen LogP contribution in [0, 0.1) is 23.2 Å². The molecule has 0 spiro atoms. The summed E-state index contributed by atoms with van der Waals surface area (Å²) in [5.41, 5.74) is 0.862. The summed E-state index contributed by atoms with van der Waals surface area (Å²) in [5.74, 6) is -0.965. The number of nitrogens with zero attached hydrogens (tertiary/aromatic N) is 2. The van der Waals surface area contributed by atoms with Gasteiger partial charge in [-0.05, 0) is 24.5 Å². The third-order valence-electron chi connectivity index (χ3n) is 2.56. The van der Waals surface area contributed by atoms with Gasteiger partial charge in [0, 0.05) is 12.7 Å². The normalized spacial score (nSPS) is 11.9. The van der Waals surface area contributed by atoms with Crippen molar-refractivity contribution >= 4 is 11.7 Å². The van der Waals surface area contributed by atoms with E-state index < -0.39 is 11.9 Å². The number of aliphatic carboxylic acids is 1. The molecule has 18 heavy (non-hydrogen) atoms. The Bertz CT molecular complexity index is 452. The van der Waals surface area contributed by atoms with Gasteiger partial charge in [-0.2, -0.15) is 5.26 Å². The van der Waals surface area contributed by atoms with E-state index in [1.54, 1.807) is 12.1 Å². The van der Waals surface area contributed by atoms with E-state index in [0.29, 0.717) is 24.6 Å². The molecular formula is C13H17N3O2. The first-order valence-electron chi connectivity index (χ1n) is 5.86. The highest BCUT2D eigenvalue weighted by Crippen LogP contribution is 2.15. The Labute approximate surface area is 106 Å². The number of aromatic nitrogens is 1. The first-order chi connectivity index (χ1) is 8.54. The Kier molecular flexibility index (Phi) is 5.12. The largest absolute Gasteiger partial charge is 0.481 e. The highest BCUT2D eigenvalue weighted by Gasteiger charge is 2.19. The zero-order chi connectivity index (χ0) is 13.5. The summed E-state index contributed by atoms with van der Waals surface area (Å²) in [6.45, 7) is 4.27. The first kappa shape index (κ1) is 14.0. The van der Waals surface area contributed by atoms with Gasteiger partial charge in [0.15, 0.2) is 5.69 Å². The van der Waals surface area contributed by atoms with E-state index in [1.165, 1.54) is 6.20 Å². The molecule has 0 aliphatic carbocycles. The fraction of sp³-hybridized carbons (Fsp3) is 0.462. The van der Waals surface area contributed by atoms with Gasteiger partial charge >= 0.3 is 5.97 Å². The number of carboxylic acid groups (broad SMARTS) is 1. The molecule has 0 fully saturated rings. The highest BCUT2D eigenvalue weighted by molar-refractivity contribution is 5.71. The second-order valence-electron chi connectivity index (χ2n) is 4.56. The van der Waals surface area contributed by atoms with Crippen LogP contribution in [0.15, 0.2) is 18.3 Å². The Balaban J connectivity index is 2.67. The molecular weight excluding hydrogens is 230 g/mol. The van der Waals surface area contributed by atoms with Crippen molar-refractivity contribution in [2.24, 2.45) is 11.8 Å². The lowest BCUT2D eigenvalue weighted by Gasteiger charge is -2.16. The zero-order valence-electron chi connectivity index (χ0n) is 10.6. The molecule has 0 aromatic carbocycles. The van der Waals surface area contributed by atoms with Crippen molar-refractivity contribution in [3.05, 3.63) is 24.0 Å². The molecule has 1 aromatic heterocycles. The highest BCUT2D eigenvalue weighted by atomic mass is 16.4. The van der Waals surface area contributed by atoms with Crippen molar-refractivity contribution in [1.82, 2.24) is 4.98 Å². The van der Waals surface area contributed by atoms with Crippen molar-refractivity contribution in [2.45, 2.75) is 20.3 Å². The maximum Gasteiger partial charge on any atom is 0.308 e. The van der Waals surface area contributed by atoms with Crippen LogP contribution in [0.25, 0.3) is 0 Å². The summed E-state index contributed by atoms with van der Waals surface area (Å²) in [4.78, 5) is 15.0. The lowest BCUT2D eigenvalue weighted by molar-refractivity contribution is -0.141. The maximum absolute atomic E-state index is 11.1. The zero-order valence-corrected chi connectivity index (χ0v) is 10.6. The lowest BCUT2D eigenvalue weighted by Crippen LogP contribution is -2.24. The monoisotopic (exact) mass is 247 g/mol. The van der Waals surface area contributed by atoms with Gasteiger partial charge < -0.3 is 10.4 Å². The van der Waals surface area contributed by atoms with Gasteiger partial charge in [-0.25, -0.2) is 4.98 Å². The fourth-order valence-electron chi connectivity index (χ4n) is 1.71. The number of nitriles is 1. The molecule has 0 aliphatic rings. The molecule has 0 amide bonds. The van der Waals surface area contributed by atoms with E-state index in [9.17, 15) is 4.79 Å². The topological polar surface area (TPSA) is 86.0 Å². The van der Waals surface area contributed by atoms with Crippen molar-refractivity contribution in [1.29, 1.82) is 5.26 Å². The van der Waals surface area contributed by atoms with Crippen molar-refractivity contribution in [2.75, 3.05) is 11.9 Å². The Morgan fingerprint density at radius 1 is 1.61 bits per heavy atom. The van der Waals surface area contributed by atoms with E-state index in [1.807, 2.05) is 19.9 Å². The summed E-state index contributed by atoms with van der Waals surface area (Å²) in [5, 5.41) is 21.0. The number of carbonyl (C=O) groups is 1. The van der Waals surface area contributed by atoms with Crippen molar-refractivity contribution in [3.8, 4) is 6.07 Å². The smallest absolute Gasteiger partial charge is 0.308 e. The standard InChI is InChI=1S/C13H17N3O2/c1-9(2)6-10(13(17)18)8-16-11-4-3-5-15-12(11)7-14/h3-5,9-10,16H,6,8H2,1-2H3,(H,17,18). The second kappa shape index (κ2) is 6.60. The van der Waals surface area contributed by atoms with Crippen LogP contribution in [0.5, 0.6) is 0 Å². The van der Waals surface area contributed by atoms with E-state index in [4.69, 9.17) is 10.4 Å². The average molecular weight is 247 g/mol. The molecule has 0 radical (unpaired) electrons. The number of hydrogen-bond acceptors (Lipinski definition) is 4. The molecule has 0 bridgehead atoms. The number of anilines is 1. The van der Waals surface area contributed by atoms with E-state index in [-0.39, 0.29) is 5.69 Å². The Hall–Kier alpha value is -2.09. The summed E-state index contributed by atoms with van der Waals surface area (Å²) in [6, 6.07) is 5.40. The van der Waals surface area contributed by atoms with E-state index >= 15 is 0 Å². The molecule has 1 unspecified atom stereocenters. The van der Waals surface area contributed by atoms with Gasteiger partial charge in [0.25, 0.3) is 0 Å². The molecule has 1 heterocycles. The molecule has 0 saturated carbocycles. The van der Waals surface area contributed by atoms with Crippen LogP contribution in [0.3, 0.4) is 0 Å². The number of carboxylic acids is 1. The molecule has 1 atom stereocenters. The minimum Gasteiger partial charge on any atom is -0.481 e. The predicted octanol–water partition coefficient (Wildman–Crippen LogP) is 2.11.